The van der Waals surface area contributed by atoms with Gasteiger partial charge in [-0.05, 0) is 32.1 Å². The van der Waals surface area contributed by atoms with Crippen molar-refractivity contribution in [1.29, 1.82) is 5.26 Å². The molecule has 0 amide bonds. The summed E-state index contributed by atoms with van der Waals surface area (Å²) in [4.78, 5) is 0. The molecule has 0 saturated carbocycles. The Morgan fingerprint density at radius 1 is 0.520 bits per heavy atom. The SMILES string of the molecule is CCC=CCCCCCCCCCCCCCCCCCC=CC#N. The summed E-state index contributed by atoms with van der Waals surface area (Å²) in [7, 11) is 0. The Labute approximate surface area is 158 Å². The Balaban J connectivity index is 3.02. The van der Waals surface area contributed by atoms with Gasteiger partial charge in [0.05, 0.1) is 6.07 Å². The summed E-state index contributed by atoms with van der Waals surface area (Å²) in [5.74, 6) is 0. The minimum Gasteiger partial charge on any atom is -0.193 e. The van der Waals surface area contributed by atoms with Gasteiger partial charge < -0.3 is 0 Å². The Bertz CT molecular complexity index is 334. The van der Waals surface area contributed by atoms with E-state index in [1.165, 1.54) is 109 Å². The first-order chi connectivity index (χ1) is 12.4. The number of allylic oxidation sites excluding steroid dienone is 4. The second-order valence-electron chi connectivity index (χ2n) is 7.29. The highest BCUT2D eigenvalue weighted by Gasteiger charge is 1.94. The third-order valence-electron chi connectivity index (χ3n) is 4.84. The molecule has 0 aromatic heterocycles. The molecule has 0 atom stereocenters. The van der Waals surface area contributed by atoms with Gasteiger partial charge in [-0.1, -0.05) is 109 Å². The summed E-state index contributed by atoms with van der Waals surface area (Å²) < 4.78 is 0. The predicted molar refractivity (Wildman–Crippen MR) is 113 cm³/mol. The maximum atomic E-state index is 8.39. The lowest BCUT2D eigenvalue weighted by Crippen LogP contribution is -1.83. The van der Waals surface area contributed by atoms with Gasteiger partial charge in [0.1, 0.15) is 0 Å². The van der Waals surface area contributed by atoms with Gasteiger partial charge in [0.15, 0.2) is 0 Å². The first-order valence-corrected chi connectivity index (χ1v) is 11.1. The van der Waals surface area contributed by atoms with Crippen LogP contribution in [0.25, 0.3) is 0 Å². The van der Waals surface area contributed by atoms with Gasteiger partial charge in [0.2, 0.25) is 0 Å². The summed E-state index contributed by atoms with van der Waals surface area (Å²) in [6.07, 6.45) is 32.9. The number of hydrogen-bond donors (Lipinski definition) is 0. The molecule has 0 N–H and O–H groups in total. The van der Waals surface area contributed by atoms with E-state index in [4.69, 9.17) is 5.26 Å². The number of hydrogen-bond acceptors (Lipinski definition) is 1. The van der Waals surface area contributed by atoms with Crippen molar-refractivity contribution in [3.05, 3.63) is 24.3 Å². The van der Waals surface area contributed by atoms with Crippen molar-refractivity contribution in [3.63, 3.8) is 0 Å². The lowest BCUT2D eigenvalue weighted by molar-refractivity contribution is 0.531. The minimum absolute atomic E-state index is 1.07. The fraction of sp³-hybridized carbons (Fsp3) is 0.792. The van der Waals surface area contributed by atoms with Crippen LogP contribution < -0.4 is 0 Å². The predicted octanol–water partition coefficient (Wildman–Crippen LogP) is 8.66. The van der Waals surface area contributed by atoms with Crippen molar-refractivity contribution < 1.29 is 0 Å². The molecule has 0 radical (unpaired) electrons. The van der Waals surface area contributed by atoms with Crippen molar-refractivity contribution in [2.75, 3.05) is 0 Å². The standard InChI is InChI=1S/C24H43N/c1-2-3-4-5-6-7-8-9-10-11-12-13-14-15-16-17-18-19-20-21-22-23-24-25/h3-4,22-23H,2,5-21H2,1H3. The Hall–Kier alpha value is -1.03. The third-order valence-corrected chi connectivity index (χ3v) is 4.84. The van der Waals surface area contributed by atoms with Gasteiger partial charge in [0.25, 0.3) is 0 Å². The molecule has 1 nitrogen and oxygen atoms in total. The Morgan fingerprint density at radius 3 is 1.24 bits per heavy atom. The quantitative estimate of drug-likeness (QED) is 0.130. The monoisotopic (exact) mass is 345 g/mol. The van der Waals surface area contributed by atoms with Crippen LogP contribution in [0.5, 0.6) is 0 Å². The second-order valence-corrected chi connectivity index (χ2v) is 7.29. The maximum Gasteiger partial charge on any atom is 0.0908 e. The van der Waals surface area contributed by atoms with Crippen LogP contribution in [0.1, 0.15) is 122 Å². The summed E-state index contributed by atoms with van der Waals surface area (Å²) in [5, 5.41) is 8.39. The van der Waals surface area contributed by atoms with E-state index in [9.17, 15) is 0 Å². The van der Waals surface area contributed by atoms with E-state index < -0.39 is 0 Å². The molecular weight excluding hydrogens is 302 g/mol. The van der Waals surface area contributed by atoms with Gasteiger partial charge in [-0.15, -0.1) is 0 Å². The topological polar surface area (TPSA) is 23.8 Å². The molecule has 0 heterocycles. The van der Waals surface area contributed by atoms with Crippen LogP contribution in [0.2, 0.25) is 0 Å². The van der Waals surface area contributed by atoms with Gasteiger partial charge in [0, 0.05) is 6.08 Å². The zero-order valence-corrected chi connectivity index (χ0v) is 17.0. The molecule has 0 aromatic rings. The van der Waals surface area contributed by atoms with Crippen LogP contribution in [-0.2, 0) is 0 Å². The highest BCUT2D eigenvalue weighted by molar-refractivity contribution is 5.01. The molecule has 0 aliphatic rings. The highest BCUT2D eigenvalue weighted by atomic mass is 14.2. The van der Waals surface area contributed by atoms with Gasteiger partial charge in [-0.3, -0.25) is 0 Å². The van der Waals surface area contributed by atoms with Gasteiger partial charge in [-0.2, -0.15) is 5.26 Å². The summed E-state index contributed by atoms with van der Waals surface area (Å²) >= 11 is 0. The van der Waals surface area contributed by atoms with E-state index in [1.54, 1.807) is 6.08 Å². The Morgan fingerprint density at radius 2 is 0.880 bits per heavy atom. The number of nitriles is 1. The van der Waals surface area contributed by atoms with Crippen LogP contribution in [0.15, 0.2) is 24.3 Å². The smallest absolute Gasteiger partial charge is 0.0908 e. The first-order valence-electron chi connectivity index (χ1n) is 11.1. The van der Waals surface area contributed by atoms with Gasteiger partial charge in [-0.25, -0.2) is 0 Å². The van der Waals surface area contributed by atoms with Crippen molar-refractivity contribution >= 4 is 0 Å². The number of rotatable bonds is 19. The molecule has 0 aliphatic carbocycles. The van der Waals surface area contributed by atoms with Crippen molar-refractivity contribution in [2.24, 2.45) is 0 Å². The van der Waals surface area contributed by atoms with Crippen LogP contribution in [0, 0.1) is 11.3 Å². The van der Waals surface area contributed by atoms with E-state index in [0.29, 0.717) is 0 Å². The van der Waals surface area contributed by atoms with Crippen LogP contribution >= 0.6 is 0 Å². The van der Waals surface area contributed by atoms with Crippen LogP contribution in [0.3, 0.4) is 0 Å². The normalized spacial score (nSPS) is 11.5. The van der Waals surface area contributed by atoms with E-state index in [2.05, 4.69) is 19.1 Å². The van der Waals surface area contributed by atoms with Gasteiger partial charge >= 0.3 is 0 Å². The van der Waals surface area contributed by atoms with Crippen LogP contribution in [-0.4, -0.2) is 0 Å². The van der Waals surface area contributed by atoms with E-state index in [-0.39, 0.29) is 0 Å². The maximum absolute atomic E-state index is 8.39. The average molecular weight is 346 g/mol. The lowest BCUT2D eigenvalue weighted by Gasteiger charge is -2.03. The fourth-order valence-corrected chi connectivity index (χ4v) is 3.24. The molecule has 0 saturated heterocycles. The Kier molecular flexibility index (Phi) is 22.0. The molecular formula is C24H43N. The zero-order valence-electron chi connectivity index (χ0n) is 17.0. The van der Waals surface area contributed by atoms with Crippen molar-refractivity contribution in [2.45, 2.75) is 122 Å². The first kappa shape index (κ1) is 24.0. The van der Waals surface area contributed by atoms with E-state index in [1.807, 2.05) is 12.1 Å². The number of unbranched alkanes of at least 4 members (excludes halogenated alkanes) is 16. The third kappa shape index (κ3) is 23.0. The fourth-order valence-electron chi connectivity index (χ4n) is 3.24. The van der Waals surface area contributed by atoms with E-state index in [0.717, 1.165) is 6.42 Å². The largest absolute Gasteiger partial charge is 0.193 e. The van der Waals surface area contributed by atoms with Crippen LogP contribution in [0.4, 0.5) is 0 Å². The molecule has 0 unspecified atom stereocenters. The highest BCUT2D eigenvalue weighted by Crippen LogP contribution is 2.14. The summed E-state index contributed by atoms with van der Waals surface area (Å²) in [6, 6.07) is 2.05. The van der Waals surface area contributed by atoms with E-state index >= 15 is 0 Å². The molecule has 25 heavy (non-hydrogen) atoms. The van der Waals surface area contributed by atoms with Crippen molar-refractivity contribution in [3.8, 4) is 6.07 Å². The molecule has 1 heteroatoms. The molecule has 0 aromatic carbocycles. The molecule has 0 rings (SSSR count). The molecule has 0 fully saturated rings. The second kappa shape index (κ2) is 23.0. The molecule has 0 spiro atoms. The minimum atomic E-state index is 1.07. The lowest BCUT2D eigenvalue weighted by atomic mass is 10.0. The molecule has 0 aliphatic heterocycles. The molecule has 0 bridgehead atoms. The molecule has 144 valence electrons. The van der Waals surface area contributed by atoms with Crippen molar-refractivity contribution in [1.82, 2.24) is 0 Å². The number of nitrogens with zero attached hydrogens (tertiary/aromatic N) is 1. The summed E-state index contributed by atoms with van der Waals surface area (Å²) in [6.45, 7) is 2.21. The average Bonchev–Trinajstić information content (AvgIpc) is 2.63. The zero-order chi connectivity index (χ0) is 18.3. The summed E-state index contributed by atoms with van der Waals surface area (Å²) in [5.41, 5.74) is 0.